The molecule has 0 spiro atoms. The number of benzene rings is 1. The topological polar surface area (TPSA) is 52.0 Å². The molecule has 2 aromatic rings. The first-order valence-corrected chi connectivity index (χ1v) is 6.98. The standard InChI is InChI=1S/C13H15BrN4O/c1-15-11(12-13(14)16-17-18(12)2)9-3-4-10-8(7-9)5-6-19-10/h3-4,7,11,15H,5-6H2,1-2H3. The summed E-state index contributed by atoms with van der Waals surface area (Å²) >= 11 is 3.46. The van der Waals surface area contributed by atoms with E-state index in [0.717, 1.165) is 29.1 Å². The van der Waals surface area contributed by atoms with Gasteiger partial charge < -0.3 is 10.1 Å². The van der Waals surface area contributed by atoms with Gasteiger partial charge in [-0.3, -0.25) is 0 Å². The maximum Gasteiger partial charge on any atom is 0.153 e. The lowest BCUT2D eigenvalue weighted by Gasteiger charge is -2.17. The van der Waals surface area contributed by atoms with Gasteiger partial charge in [-0.15, -0.1) is 5.10 Å². The average Bonchev–Trinajstić information content (AvgIpc) is 3.00. The minimum absolute atomic E-state index is 0.0558. The zero-order chi connectivity index (χ0) is 13.4. The second kappa shape index (κ2) is 4.94. The van der Waals surface area contributed by atoms with Gasteiger partial charge in [0.25, 0.3) is 0 Å². The van der Waals surface area contributed by atoms with E-state index < -0.39 is 0 Å². The van der Waals surface area contributed by atoms with Crippen LogP contribution in [-0.4, -0.2) is 28.6 Å². The van der Waals surface area contributed by atoms with Crippen LogP contribution in [0.3, 0.4) is 0 Å². The smallest absolute Gasteiger partial charge is 0.153 e. The summed E-state index contributed by atoms with van der Waals surface area (Å²) in [5.74, 6) is 1.00. The summed E-state index contributed by atoms with van der Waals surface area (Å²) in [6.45, 7) is 0.778. The van der Waals surface area contributed by atoms with E-state index in [4.69, 9.17) is 4.74 Å². The van der Waals surface area contributed by atoms with E-state index in [1.54, 1.807) is 4.68 Å². The Balaban J connectivity index is 2.03. The van der Waals surface area contributed by atoms with E-state index in [1.807, 2.05) is 20.2 Å². The van der Waals surface area contributed by atoms with Crippen molar-refractivity contribution in [2.45, 2.75) is 12.5 Å². The van der Waals surface area contributed by atoms with E-state index in [2.05, 4.69) is 43.7 Å². The first-order chi connectivity index (χ1) is 9.20. The van der Waals surface area contributed by atoms with Gasteiger partial charge in [0.2, 0.25) is 0 Å². The number of hydrogen-bond acceptors (Lipinski definition) is 4. The van der Waals surface area contributed by atoms with Crippen molar-refractivity contribution in [1.82, 2.24) is 20.3 Å². The molecule has 1 N–H and O–H groups in total. The Bertz CT molecular complexity index is 591. The predicted molar refractivity (Wildman–Crippen MR) is 75.2 cm³/mol. The van der Waals surface area contributed by atoms with Crippen molar-refractivity contribution in [2.75, 3.05) is 13.7 Å². The molecule has 1 aliphatic heterocycles. The number of nitrogens with one attached hydrogen (secondary N) is 1. The summed E-state index contributed by atoms with van der Waals surface area (Å²) in [4.78, 5) is 0. The molecule has 0 bridgehead atoms. The highest BCUT2D eigenvalue weighted by Crippen LogP contribution is 2.32. The molecule has 1 unspecified atom stereocenters. The average molecular weight is 323 g/mol. The molecule has 1 aliphatic rings. The number of ether oxygens (including phenoxy) is 1. The number of aromatic nitrogens is 3. The molecule has 0 saturated carbocycles. The van der Waals surface area contributed by atoms with Crippen molar-refractivity contribution in [1.29, 1.82) is 0 Å². The molecular weight excluding hydrogens is 308 g/mol. The fourth-order valence-corrected chi connectivity index (χ4v) is 3.05. The van der Waals surface area contributed by atoms with E-state index in [9.17, 15) is 0 Å². The summed E-state index contributed by atoms with van der Waals surface area (Å²) < 4.78 is 8.10. The minimum atomic E-state index is 0.0558. The van der Waals surface area contributed by atoms with Gasteiger partial charge in [0.1, 0.15) is 5.75 Å². The molecule has 5 nitrogen and oxygen atoms in total. The van der Waals surface area contributed by atoms with Gasteiger partial charge in [0.15, 0.2) is 4.60 Å². The normalized spacial score (nSPS) is 15.1. The number of aryl methyl sites for hydroxylation is 1. The Morgan fingerprint density at radius 2 is 2.32 bits per heavy atom. The second-order valence-corrected chi connectivity index (χ2v) is 5.33. The van der Waals surface area contributed by atoms with Crippen molar-refractivity contribution in [3.63, 3.8) is 0 Å². The van der Waals surface area contributed by atoms with Gasteiger partial charge in [-0.25, -0.2) is 4.68 Å². The quantitative estimate of drug-likeness (QED) is 0.936. The lowest BCUT2D eigenvalue weighted by Crippen LogP contribution is -2.21. The van der Waals surface area contributed by atoms with Crippen molar-refractivity contribution < 1.29 is 4.74 Å². The molecule has 0 aliphatic carbocycles. The molecule has 0 radical (unpaired) electrons. The van der Waals surface area contributed by atoms with E-state index >= 15 is 0 Å². The van der Waals surface area contributed by atoms with Gasteiger partial charge in [-0.2, -0.15) is 0 Å². The molecule has 3 rings (SSSR count). The van der Waals surface area contributed by atoms with Gasteiger partial charge in [-0.1, -0.05) is 17.3 Å². The van der Waals surface area contributed by atoms with Crippen LogP contribution in [0.2, 0.25) is 0 Å². The largest absolute Gasteiger partial charge is 0.493 e. The molecule has 0 fully saturated rings. The van der Waals surface area contributed by atoms with Crippen LogP contribution in [0.4, 0.5) is 0 Å². The fourth-order valence-electron chi connectivity index (χ4n) is 2.49. The third-order valence-corrected chi connectivity index (χ3v) is 4.00. The molecule has 2 heterocycles. The van der Waals surface area contributed by atoms with Crippen LogP contribution in [0.1, 0.15) is 22.9 Å². The third kappa shape index (κ3) is 2.15. The number of hydrogen-bond donors (Lipinski definition) is 1. The van der Waals surface area contributed by atoms with E-state index in [1.165, 1.54) is 11.1 Å². The number of nitrogens with zero attached hydrogens (tertiary/aromatic N) is 3. The maximum atomic E-state index is 5.55. The lowest BCUT2D eigenvalue weighted by molar-refractivity contribution is 0.357. The lowest BCUT2D eigenvalue weighted by atomic mass is 10.0. The molecule has 100 valence electrons. The van der Waals surface area contributed by atoms with Gasteiger partial charge in [0, 0.05) is 13.5 Å². The Labute approximate surface area is 120 Å². The highest BCUT2D eigenvalue weighted by atomic mass is 79.9. The number of fused-ring (bicyclic) bond motifs is 1. The van der Waals surface area contributed by atoms with Crippen LogP contribution in [0, 0.1) is 0 Å². The first kappa shape index (κ1) is 12.6. The Morgan fingerprint density at radius 3 is 3.00 bits per heavy atom. The van der Waals surface area contributed by atoms with Crippen LogP contribution in [0.5, 0.6) is 5.75 Å². The monoisotopic (exact) mass is 322 g/mol. The van der Waals surface area contributed by atoms with Crippen molar-refractivity contribution in [3.8, 4) is 5.75 Å². The fraction of sp³-hybridized carbons (Fsp3) is 0.385. The Morgan fingerprint density at radius 1 is 1.47 bits per heavy atom. The summed E-state index contributed by atoms with van der Waals surface area (Å²) in [5.41, 5.74) is 3.48. The predicted octanol–water partition coefficient (Wildman–Crippen LogP) is 1.82. The van der Waals surface area contributed by atoms with Crippen LogP contribution in [0.15, 0.2) is 22.8 Å². The molecule has 1 aromatic heterocycles. The third-order valence-electron chi connectivity index (χ3n) is 3.44. The molecule has 19 heavy (non-hydrogen) atoms. The van der Waals surface area contributed by atoms with Crippen molar-refractivity contribution in [2.24, 2.45) is 7.05 Å². The zero-order valence-corrected chi connectivity index (χ0v) is 12.4. The van der Waals surface area contributed by atoms with Gasteiger partial charge >= 0.3 is 0 Å². The summed E-state index contributed by atoms with van der Waals surface area (Å²) in [6, 6.07) is 6.38. The van der Waals surface area contributed by atoms with E-state index in [0.29, 0.717) is 0 Å². The molecular formula is C13H15BrN4O. The molecule has 0 amide bonds. The maximum absolute atomic E-state index is 5.55. The Hall–Kier alpha value is -1.40. The van der Waals surface area contributed by atoms with Crippen molar-refractivity contribution >= 4 is 15.9 Å². The van der Waals surface area contributed by atoms with Crippen molar-refractivity contribution in [3.05, 3.63) is 39.6 Å². The molecule has 1 atom stereocenters. The molecule has 0 saturated heterocycles. The number of rotatable bonds is 3. The number of halogens is 1. The Kier molecular flexibility index (Phi) is 3.28. The summed E-state index contributed by atoms with van der Waals surface area (Å²) in [6.07, 6.45) is 0.977. The highest BCUT2D eigenvalue weighted by molar-refractivity contribution is 9.10. The molecule has 6 heteroatoms. The van der Waals surface area contributed by atoms with Crippen LogP contribution in [-0.2, 0) is 13.5 Å². The van der Waals surface area contributed by atoms with E-state index in [-0.39, 0.29) is 6.04 Å². The SMILES string of the molecule is CNC(c1ccc2c(c1)CCO2)c1c(Br)nnn1C. The first-order valence-electron chi connectivity index (χ1n) is 6.18. The summed E-state index contributed by atoms with van der Waals surface area (Å²) in [7, 11) is 3.84. The molecule has 1 aromatic carbocycles. The zero-order valence-electron chi connectivity index (χ0n) is 10.9. The van der Waals surface area contributed by atoms with Crippen LogP contribution < -0.4 is 10.1 Å². The second-order valence-electron chi connectivity index (χ2n) is 4.58. The minimum Gasteiger partial charge on any atom is -0.493 e. The van der Waals surface area contributed by atoms with Crippen LogP contribution >= 0.6 is 15.9 Å². The van der Waals surface area contributed by atoms with Crippen LogP contribution in [0.25, 0.3) is 0 Å². The van der Waals surface area contributed by atoms with Gasteiger partial charge in [0.05, 0.1) is 18.3 Å². The highest BCUT2D eigenvalue weighted by Gasteiger charge is 2.22. The van der Waals surface area contributed by atoms with Gasteiger partial charge in [-0.05, 0) is 40.2 Å². The summed E-state index contributed by atoms with van der Waals surface area (Å²) in [5, 5.41) is 11.4.